The maximum Gasteiger partial charge on any atom is 0.354 e. The van der Waals surface area contributed by atoms with Gasteiger partial charge in [-0.15, -0.1) is 0 Å². The molecular weight excluding hydrogens is 309 g/mol. The van der Waals surface area contributed by atoms with Crippen molar-refractivity contribution in [3.63, 3.8) is 0 Å². The number of rotatable bonds is 2. The van der Waals surface area contributed by atoms with Crippen molar-refractivity contribution in [2.75, 3.05) is 6.61 Å². The molecular formula is C16H13ClFNO3. The van der Waals surface area contributed by atoms with Crippen molar-refractivity contribution in [2.24, 2.45) is 0 Å². The van der Waals surface area contributed by atoms with Crippen molar-refractivity contribution in [3.8, 4) is 17.0 Å². The molecule has 0 spiro atoms. The number of pyridine rings is 1. The summed E-state index contributed by atoms with van der Waals surface area (Å²) in [5, 5.41) is 9.22. The van der Waals surface area contributed by atoms with E-state index in [9.17, 15) is 14.3 Å². The lowest BCUT2D eigenvalue weighted by atomic mass is 9.86. The highest BCUT2D eigenvalue weighted by Crippen LogP contribution is 2.44. The standard InChI is InChI=1S/C16H13ClFNO3/c1-16(2)7-22-14-9(16)6-12(15(20)21)19-13(14)8-3-4-11(18)10(17)5-8/h3-6H,7H2,1-2H3,(H,20,21). The average Bonchev–Trinajstić information content (AvgIpc) is 2.77. The number of carboxylic acids is 1. The highest BCUT2D eigenvalue weighted by molar-refractivity contribution is 6.31. The minimum atomic E-state index is -1.13. The van der Waals surface area contributed by atoms with Crippen molar-refractivity contribution < 1.29 is 19.0 Å². The molecule has 0 amide bonds. The third kappa shape index (κ3) is 2.31. The minimum absolute atomic E-state index is 0.0500. The first-order valence-electron chi connectivity index (χ1n) is 6.66. The van der Waals surface area contributed by atoms with E-state index in [1.165, 1.54) is 24.3 Å². The molecule has 0 aliphatic carbocycles. The number of ether oxygens (including phenoxy) is 1. The van der Waals surface area contributed by atoms with E-state index in [1.807, 2.05) is 13.8 Å². The molecule has 0 atom stereocenters. The van der Waals surface area contributed by atoms with Crippen LogP contribution in [-0.2, 0) is 5.41 Å². The Morgan fingerprint density at radius 2 is 2.14 bits per heavy atom. The zero-order valence-corrected chi connectivity index (χ0v) is 12.7. The molecule has 1 aliphatic rings. The van der Waals surface area contributed by atoms with Gasteiger partial charge >= 0.3 is 5.97 Å². The second-order valence-corrected chi connectivity index (χ2v) is 6.25. The van der Waals surface area contributed by atoms with Crippen LogP contribution in [0.2, 0.25) is 5.02 Å². The van der Waals surface area contributed by atoms with Gasteiger partial charge in [-0.1, -0.05) is 25.4 Å². The van der Waals surface area contributed by atoms with Crippen molar-refractivity contribution in [1.82, 2.24) is 4.98 Å². The Hall–Kier alpha value is -2.14. The number of hydrogen-bond donors (Lipinski definition) is 1. The first-order chi connectivity index (χ1) is 10.3. The molecule has 1 aromatic heterocycles. The number of aromatic carboxylic acids is 1. The number of aromatic nitrogens is 1. The number of fused-ring (bicyclic) bond motifs is 1. The highest BCUT2D eigenvalue weighted by atomic mass is 35.5. The summed E-state index contributed by atoms with van der Waals surface area (Å²) < 4.78 is 19.1. The lowest BCUT2D eigenvalue weighted by Gasteiger charge is -2.16. The number of benzene rings is 1. The summed E-state index contributed by atoms with van der Waals surface area (Å²) in [6, 6.07) is 5.67. The van der Waals surface area contributed by atoms with Gasteiger partial charge in [0.1, 0.15) is 23.0 Å². The number of hydrogen-bond acceptors (Lipinski definition) is 3. The van der Waals surface area contributed by atoms with Crippen LogP contribution in [0.15, 0.2) is 24.3 Å². The van der Waals surface area contributed by atoms with Gasteiger partial charge in [0.25, 0.3) is 0 Å². The van der Waals surface area contributed by atoms with Gasteiger partial charge in [-0.3, -0.25) is 0 Å². The molecule has 0 radical (unpaired) electrons. The van der Waals surface area contributed by atoms with Crippen LogP contribution in [0.5, 0.6) is 5.75 Å². The van der Waals surface area contributed by atoms with Crippen molar-refractivity contribution >= 4 is 17.6 Å². The summed E-state index contributed by atoms with van der Waals surface area (Å²) >= 11 is 5.81. The lowest BCUT2D eigenvalue weighted by molar-refractivity contribution is 0.0690. The SMILES string of the molecule is CC1(C)COc2c1cc(C(=O)O)nc2-c1ccc(F)c(Cl)c1. The average molecular weight is 322 g/mol. The fourth-order valence-electron chi connectivity index (χ4n) is 2.46. The molecule has 6 heteroatoms. The molecule has 1 aliphatic heterocycles. The quantitative estimate of drug-likeness (QED) is 0.911. The summed E-state index contributed by atoms with van der Waals surface area (Å²) in [7, 11) is 0. The van der Waals surface area contributed by atoms with E-state index in [1.54, 1.807) is 0 Å². The fourth-order valence-corrected chi connectivity index (χ4v) is 2.64. The van der Waals surface area contributed by atoms with Gasteiger partial charge in [-0.25, -0.2) is 14.2 Å². The monoisotopic (exact) mass is 321 g/mol. The summed E-state index contributed by atoms with van der Waals surface area (Å²) in [6.45, 7) is 4.35. The van der Waals surface area contributed by atoms with Crippen molar-refractivity contribution in [2.45, 2.75) is 19.3 Å². The van der Waals surface area contributed by atoms with Gasteiger partial charge in [0.2, 0.25) is 0 Å². The molecule has 2 heterocycles. The number of halogens is 2. The Bertz CT molecular complexity index is 789. The van der Waals surface area contributed by atoms with Crippen LogP contribution in [-0.4, -0.2) is 22.7 Å². The smallest absolute Gasteiger partial charge is 0.354 e. The predicted octanol–water partition coefficient (Wildman–Crippen LogP) is 3.91. The normalized spacial score (nSPS) is 15.3. The van der Waals surface area contributed by atoms with Crippen molar-refractivity contribution in [3.05, 3.63) is 46.4 Å². The van der Waals surface area contributed by atoms with Crippen LogP contribution >= 0.6 is 11.6 Å². The molecule has 3 rings (SSSR count). The van der Waals surface area contributed by atoms with E-state index in [0.29, 0.717) is 23.6 Å². The molecule has 1 aromatic carbocycles. The Morgan fingerprint density at radius 1 is 1.41 bits per heavy atom. The first-order valence-corrected chi connectivity index (χ1v) is 7.04. The topological polar surface area (TPSA) is 59.4 Å². The van der Waals surface area contributed by atoms with Crippen LogP contribution < -0.4 is 4.74 Å². The van der Waals surface area contributed by atoms with E-state index < -0.39 is 11.8 Å². The molecule has 22 heavy (non-hydrogen) atoms. The second-order valence-electron chi connectivity index (χ2n) is 5.84. The second kappa shape index (κ2) is 4.95. The molecule has 0 bridgehead atoms. The number of nitrogens with zero attached hydrogens (tertiary/aromatic N) is 1. The fraction of sp³-hybridized carbons (Fsp3) is 0.250. The van der Waals surface area contributed by atoms with E-state index >= 15 is 0 Å². The molecule has 0 fully saturated rings. The van der Waals surface area contributed by atoms with Crippen LogP contribution in [0.4, 0.5) is 4.39 Å². The van der Waals surface area contributed by atoms with E-state index in [2.05, 4.69) is 4.98 Å². The van der Waals surface area contributed by atoms with E-state index in [4.69, 9.17) is 16.3 Å². The van der Waals surface area contributed by atoms with Gasteiger partial charge in [-0.2, -0.15) is 0 Å². The van der Waals surface area contributed by atoms with Crippen LogP contribution in [0, 0.1) is 5.82 Å². The molecule has 0 unspecified atom stereocenters. The Labute approximate surface area is 131 Å². The molecule has 0 saturated heterocycles. The Balaban J connectivity index is 2.27. The van der Waals surface area contributed by atoms with Gasteiger partial charge in [0, 0.05) is 16.5 Å². The molecule has 1 N–H and O–H groups in total. The summed E-state index contributed by atoms with van der Waals surface area (Å²) in [4.78, 5) is 15.5. The predicted molar refractivity (Wildman–Crippen MR) is 80.1 cm³/mol. The first kappa shape index (κ1) is 14.8. The largest absolute Gasteiger partial charge is 0.490 e. The van der Waals surface area contributed by atoms with Gasteiger partial charge in [-0.05, 0) is 24.3 Å². The van der Waals surface area contributed by atoms with Crippen LogP contribution in [0.3, 0.4) is 0 Å². The van der Waals surface area contributed by atoms with Gasteiger partial charge in [0.15, 0.2) is 0 Å². The van der Waals surface area contributed by atoms with Gasteiger partial charge < -0.3 is 9.84 Å². The van der Waals surface area contributed by atoms with Crippen molar-refractivity contribution in [1.29, 1.82) is 0 Å². The maximum atomic E-state index is 13.3. The minimum Gasteiger partial charge on any atom is -0.490 e. The zero-order valence-electron chi connectivity index (χ0n) is 12.0. The molecule has 2 aromatic rings. The molecule has 0 saturated carbocycles. The summed E-state index contributed by atoms with van der Waals surface area (Å²) in [5.41, 5.74) is 1.26. The van der Waals surface area contributed by atoms with Gasteiger partial charge in [0.05, 0.1) is 11.6 Å². The zero-order chi connectivity index (χ0) is 16.1. The third-order valence-electron chi connectivity index (χ3n) is 3.69. The molecule has 4 nitrogen and oxygen atoms in total. The van der Waals surface area contributed by atoms with E-state index in [-0.39, 0.29) is 16.1 Å². The Morgan fingerprint density at radius 3 is 2.77 bits per heavy atom. The van der Waals surface area contributed by atoms with E-state index in [0.717, 1.165) is 5.56 Å². The lowest BCUT2D eigenvalue weighted by Crippen LogP contribution is -2.18. The molecule has 114 valence electrons. The van der Waals surface area contributed by atoms with Crippen LogP contribution in [0.1, 0.15) is 29.9 Å². The number of carboxylic acid groups (broad SMARTS) is 1. The van der Waals surface area contributed by atoms with Crippen LogP contribution in [0.25, 0.3) is 11.3 Å². The maximum absolute atomic E-state index is 13.3. The summed E-state index contributed by atoms with van der Waals surface area (Å²) in [5.74, 6) is -1.14. The summed E-state index contributed by atoms with van der Waals surface area (Å²) in [6.07, 6.45) is 0. The Kier molecular flexibility index (Phi) is 3.33. The highest BCUT2D eigenvalue weighted by Gasteiger charge is 2.35. The number of carbonyl (C=O) groups is 1. The third-order valence-corrected chi connectivity index (χ3v) is 3.98.